The van der Waals surface area contributed by atoms with E-state index in [0.29, 0.717) is 11.6 Å². The molecule has 0 saturated heterocycles. The zero-order chi connectivity index (χ0) is 12.3. The van der Waals surface area contributed by atoms with Crippen molar-refractivity contribution in [2.45, 2.75) is 6.92 Å². The van der Waals surface area contributed by atoms with Gasteiger partial charge in [0.2, 0.25) is 0 Å². The molecule has 0 bridgehead atoms. The Kier molecular flexibility index (Phi) is 3.55. The monoisotopic (exact) mass is 248 g/mol. The van der Waals surface area contributed by atoms with Crippen molar-refractivity contribution < 1.29 is 9.84 Å². The maximum atomic E-state index is 9.54. The third-order valence-electron chi connectivity index (χ3n) is 2.44. The number of rotatable bonds is 3. The Morgan fingerprint density at radius 3 is 2.29 bits per heavy atom. The molecule has 2 aromatic carbocycles. The quantitative estimate of drug-likeness (QED) is 0.886. The summed E-state index contributed by atoms with van der Waals surface area (Å²) in [6, 6.07) is 12.9. The van der Waals surface area contributed by atoms with E-state index < -0.39 is 0 Å². The van der Waals surface area contributed by atoms with Crippen LogP contribution in [-0.4, -0.2) is 11.7 Å². The smallest absolute Gasteiger partial charge is 0.134 e. The van der Waals surface area contributed by atoms with Crippen molar-refractivity contribution in [3.63, 3.8) is 0 Å². The Bertz CT molecular complexity index is 506. The molecule has 0 aliphatic carbocycles. The molecule has 0 heterocycles. The zero-order valence-electron chi connectivity index (χ0n) is 9.48. The van der Waals surface area contributed by atoms with E-state index in [1.165, 1.54) is 0 Å². The fourth-order valence-electron chi connectivity index (χ4n) is 1.60. The Balaban J connectivity index is 2.30. The molecule has 0 spiro atoms. The molecule has 0 fully saturated rings. The number of benzene rings is 2. The van der Waals surface area contributed by atoms with E-state index in [4.69, 9.17) is 16.3 Å². The lowest BCUT2D eigenvalue weighted by molar-refractivity contribution is 0.340. The first kappa shape index (κ1) is 11.8. The van der Waals surface area contributed by atoms with Crippen molar-refractivity contribution in [2.24, 2.45) is 0 Å². The first-order valence-corrected chi connectivity index (χ1v) is 5.80. The number of hydrogen-bond donors (Lipinski definition) is 1. The van der Waals surface area contributed by atoms with Gasteiger partial charge in [0.1, 0.15) is 11.5 Å². The van der Waals surface area contributed by atoms with E-state index in [1.807, 2.05) is 37.3 Å². The van der Waals surface area contributed by atoms with E-state index >= 15 is 0 Å². The lowest BCUT2D eigenvalue weighted by atomic mass is 10.1. The van der Waals surface area contributed by atoms with Gasteiger partial charge in [-0.25, -0.2) is 0 Å². The number of phenolic OH excluding ortho intramolecular Hbond substituents is 1. The summed E-state index contributed by atoms with van der Waals surface area (Å²) in [6.45, 7) is 2.60. The molecule has 0 aliphatic heterocycles. The average molecular weight is 249 g/mol. The van der Waals surface area contributed by atoms with Gasteiger partial charge in [-0.2, -0.15) is 0 Å². The van der Waals surface area contributed by atoms with Crippen LogP contribution < -0.4 is 4.74 Å². The molecule has 2 aromatic rings. The summed E-state index contributed by atoms with van der Waals surface area (Å²) >= 11 is 5.76. The highest BCUT2D eigenvalue weighted by Crippen LogP contribution is 2.30. The van der Waals surface area contributed by atoms with Crippen LogP contribution in [0.25, 0.3) is 11.1 Å². The summed E-state index contributed by atoms with van der Waals surface area (Å²) in [5.74, 6) is 0.937. The van der Waals surface area contributed by atoms with Crippen LogP contribution in [0.5, 0.6) is 11.5 Å². The highest BCUT2D eigenvalue weighted by molar-refractivity contribution is 6.32. The second-order valence-corrected chi connectivity index (χ2v) is 4.03. The fraction of sp³-hybridized carbons (Fsp3) is 0.143. The van der Waals surface area contributed by atoms with E-state index in [9.17, 15) is 5.11 Å². The van der Waals surface area contributed by atoms with E-state index in [1.54, 1.807) is 12.1 Å². The number of hydrogen-bond acceptors (Lipinski definition) is 2. The van der Waals surface area contributed by atoms with Gasteiger partial charge in [0.15, 0.2) is 0 Å². The van der Waals surface area contributed by atoms with Gasteiger partial charge >= 0.3 is 0 Å². The van der Waals surface area contributed by atoms with Gasteiger partial charge in [0.25, 0.3) is 0 Å². The minimum atomic E-state index is 0.0954. The van der Waals surface area contributed by atoms with Crippen LogP contribution in [0.2, 0.25) is 5.02 Å². The molecule has 88 valence electrons. The molecule has 0 unspecified atom stereocenters. The van der Waals surface area contributed by atoms with Crippen molar-refractivity contribution in [1.29, 1.82) is 0 Å². The maximum absolute atomic E-state index is 9.54. The van der Waals surface area contributed by atoms with E-state index in [0.717, 1.165) is 16.9 Å². The normalized spacial score (nSPS) is 10.2. The van der Waals surface area contributed by atoms with Crippen molar-refractivity contribution in [2.75, 3.05) is 6.61 Å². The first-order chi connectivity index (χ1) is 8.20. The predicted molar refractivity (Wildman–Crippen MR) is 69.7 cm³/mol. The molecule has 0 aromatic heterocycles. The third-order valence-corrected chi connectivity index (χ3v) is 2.76. The molecule has 2 nitrogen and oxygen atoms in total. The molecule has 2 rings (SSSR count). The summed E-state index contributed by atoms with van der Waals surface area (Å²) < 4.78 is 5.37. The molecule has 0 radical (unpaired) electrons. The highest BCUT2D eigenvalue weighted by Gasteiger charge is 2.02. The van der Waals surface area contributed by atoms with Gasteiger partial charge < -0.3 is 9.84 Å². The third kappa shape index (κ3) is 2.71. The molecule has 0 amide bonds. The molecular weight excluding hydrogens is 236 g/mol. The summed E-state index contributed by atoms with van der Waals surface area (Å²) in [4.78, 5) is 0. The van der Waals surface area contributed by atoms with Gasteiger partial charge in [-0.15, -0.1) is 0 Å². The van der Waals surface area contributed by atoms with Gasteiger partial charge in [-0.05, 0) is 42.3 Å². The Labute approximate surface area is 105 Å². The lowest BCUT2D eigenvalue weighted by Crippen LogP contribution is -1.90. The lowest BCUT2D eigenvalue weighted by Gasteiger charge is -2.06. The number of ether oxygens (including phenoxy) is 1. The van der Waals surface area contributed by atoms with Gasteiger partial charge in [-0.3, -0.25) is 0 Å². The van der Waals surface area contributed by atoms with Gasteiger partial charge in [0.05, 0.1) is 11.6 Å². The van der Waals surface area contributed by atoms with Crippen LogP contribution in [0.4, 0.5) is 0 Å². The minimum absolute atomic E-state index is 0.0954. The molecule has 0 aliphatic rings. The molecule has 3 heteroatoms. The zero-order valence-corrected chi connectivity index (χ0v) is 10.2. The minimum Gasteiger partial charge on any atom is -0.506 e. The standard InChI is InChI=1S/C14H13ClO2/c1-2-17-12-6-3-10(4-7-12)11-5-8-13(15)14(16)9-11/h3-9,16H,2H2,1H3. The number of halogens is 1. The van der Waals surface area contributed by atoms with Crippen molar-refractivity contribution in [1.82, 2.24) is 0 Å². The van der Waals surface area contributed by atoms with Crippen molar-refractivity contribution in [3.05, 3.63) is 47.5 Å². The average Bonchev–Trinajstić information content (AvgIpc) is 2.34. The fourth-order valence-corrected chi connectivity index (χ4v) is 1.72. The van der Waals surface area contributed by atoms with Crippen LogP contribution in [0.3, 0.4) is 0 Å². The predicted octanol–water partition coefficient (Wildman–Crippen LogP) is 4.11. The Morgan fingerprint density at radius 1 is 1.06 bits per heavy atom. The summed E-state index contributed by atoms with van der Waals surface area (Å²) in [5.41, 5.74) is 1.94. The van der Waals surface area contributed by atoms with Crippen LogP contribution >= 0.6 is 11.6 Å². The SMILES string of the molecule is CCOc1ccc(-c2ccc(Cl)c(O)c2)cc1. The van der Waals surface area contributed by atoms with Gasteiger partial charge in [-0.1, -0.05) is 29.8 Å². The highest BCUT2D eigenvalue weighted by atomic mass is 35.5. The van der Waals surface area contributed by atoms with Crippen LogP contribution in [-0.2, 0) is 0 Å². The van der Waals surface area contributed by atoms with E-state index in [-0.39, 0.29) is 5.75 Å². The Hall–Kier alpha value is -1.67. The Morgan fingerprint density at radius 2 is 1.71 bits per heavy atom. The van der Waals surface area contributed by atoms with E-state index in [2.05, 4.69) is 0 Å². The summed E-state index contributed by atoms with van der Waals surface area (Å²) in [5, 5.41) is 9.90. The van der Waals surface area contributed by atoms with Crippen LogP contribution in [0.15, 0.2) is 42.5 Å². The maximum Gasteiger partial charge on any atom is 0.134 e. The second-order valence-electron chi connectivity index (χ2n) is 3.62. The van der Waals surface area contributed by atoms with Crippen molar-refractivity contribution >= 4 is 11.6 Å². The van der Waals surface area contributed by atoms with Gasteiger partial charge in [0, 0.05) is 0 Å². The number of phenols is 1. The molecular formula is C14H13ClO2. The van der Waals surface area contributed by atoms with Crippen LogP contribution in [0, 0.1) is 0 Å². The summed E-state index contributed by atoms with van der Waals surface area (Å²) in [6.07, 6.45) is 0. The largest absolute Gasteiger partial charge is 0.506 e. The number of aromatic hydroxyl groups is 1. The summed E-state index contributed by atoms with van der Waals surface area (Å²) in [7, 11) is 0. The molecule has 0 atom stereocenters. The first-order valence-electron chi connectivity index (χ1n) is 5.42. The molecule has 1 N–H and O–H groups in total. The van der Waals surface area contributed by atoms with Crippen LogP contribution in [0.1, 0.15) is 6.92 Å². The second kappa shape index (κ2) is 5.11. The molecule has 17 heavy (non-hydrogen) atoms. The topological polar surface area (TPSA) is 29.5 Å². The van der Waals surface area contributed by atoms with Crippen molar-refractivity contribution in [3.8, 4) is 22.6 Å². The molecule has 0 saturated carbocycles.